The van der Waals surface area contributed by atoms with Crippen molar-refractivity contribution in [1.29, 1.82) is 5.26 Å². The van der Waals surface area contributed by atoms with Gasteiger partial charge in [0.25, 0.3) is 0 Å². The van der Waals surface area contributed by atoms with Gasteiger partial charge in [-0.15, -0.1) is 0 Å². The maximum Gasteiger partial charge on any atom is 0.337 e. The van der Waals surface area contributed by atoms with Crippen molar-refractivity contribution in [2.24, 2.45) is 0 Å². The summed E-state index contributed by atoms with van der Waals surface area (Å²) in [6.45, 7) is 7.18. The molecule has 0 unspecified atom stereocenters. The highest BCUT2D eigenvalue weighted by Gasteiger charge is 2.36. The summed E-state index contributed by atoms with van der Waals surface area (Å²) >= 11 is 1.16. The third kappa shape index (κ3) is 5.90. The van der Waals surface area contributed by atoms with Gasteiger partial charge in [0.1, 0.15) is 6.61 Å². The van der Waals surface area contributed by atoms with Gasteiger partial charge >= 0.3 is 5.97 Å². The number of anilines is 1. The number of dihydropyridines is 1. The Morgan fingerprint density at radius 1 is 1.28 bits per heavy atom. The van der Waals surface area contributed by atoms with E-state index >= 15 is 0 Å². The lowest BCUT2D eigenvalue weighted by atomic mass is 9.82. The van der Waals surface area contributed by atoms with Crippen LogP contribution < -0.4 is 15.4 Å². The van der Waals surface area contributed by atoms with Crippen LogP contribution in [0.25, 0.3) is 0 Å². The molecule has 1 atom stereocenters. The SMILES string of the molecule is C=CCOC(=O)C1=C(C)NC(SCC(=O)Nc2ccccc2C)=C(C#N)[C@@H]1c1ccc(O)c(OC)c1. The Kier molecular flexibility index (Phi) is 8.81. The lowest BCUT2D eigenvalue weighted by Crippen LogP contribution is -2.29. The Labute approximate surface area is 214 Å². The van der Waals surface area contributed by atoms with Gasteiger partial charge in [0.05, 0.1) is 41.0 Å². The first-order chi connectivity index (χ1) is 17.3. The summed E-state index contributed by atoms with van der Waals surface area (Å²) in [6.07, 6.45) is 1.46. The molecule has 186 valence electrons. The Hall–Kier alpha value is -4.16. The lowest BCUT2D eigenvalue weighted by molar-refractivity contribution is -0.138. The molecular formula is C27H27N3O5S. The standard InChI is InChI=1S/C27H27N3O5S/c1-5-12-35-27(33)24-17(3)29-26(36-15-23(32)30-20-9-7-6-8-16(20)2)19(14-28)25(24)18-10-11-21(31)22(13-18)34-4/h5-11,13,25,29,31H,1,12,15H2,2-4H3,(H,30,32)/t25-/m0/s1. The average Bonchev–Trinajstić information content (AvgIpc) is 2.87. The minimum atomic E-state index is -0.801. The van der Waals surface area contributed by atoms with E-state index in [-0.39, 0.29) is 40.9 Å². The van der Waals surface area contributed by atoms with Crippen molar-refractivity contribution in [2.75, 3.05) is 24.8 Å². The number of hydrogen-bond donors (Lipinski definition) is 3. The van der Waals surface area contributed by atoms with Crippen molar-refractivity contribution in [3.8, 4) is 17.6 Å². The number of aromatic hydroxyl groups is 1. The number of nitrogens with one attached hydrogen (secondary N) is 2. The van der Waals surface area contributed by atoms with Gasteiger partial charge in [-0.05, 0) is 43.2 Å². The number of para-hydroxylation sites is 1. The molecule has 0 spiro atoms. The van der Waals surface area contributed by atoms with E-state index in [1.165, 1.54) is 19.3 Å². The Balaban J connectivity index is 1.96. The van der Waals surface area contributed by atoms with Crippen LogP contribution in [0.3, 0.4) is 0 Å². The largest absolute Gasteiger partial charge is 0.504 e. The van der Waals surface area contributed by atoms with Crippen LogP contribution in [0, 0.1) is 18.3 Å². The maximum absolute atomic E-state index is 13.0. The van der Waals surface area contributed by atoms with E-state index < -0.39 is 11.9 Å². The number of thioether (sulfide) groups is 1. The molecule has 3 rings (SSSR count). The van der Waals surface area contributed by atoms with Crippen LogP contribution in [0.2, 0.25) is 0 Å². The highest BCUT2D eigenvalue weighted by Crippen LogP contribution is 2.43. The van der Waals surface area contributed by atoms with Crippen LogP contribution in [-0.4, -0.2) is 36.5 Å². The fraction of sp³-hybridized carbons (Fsp3) is 0.222. The molecule has 0 fully saturated rings. The van der Waals surface area contributed by atoms with Crippen LogP contribution in [0.1, 0.15) is 24.0 Å². The summed E-state index contributed by atoms with van der Waals surface area (Å²) in [4.78, 5) is 25.6. The number of phenols is 1. The minimum absolute atomic E-state index is 0.00745. The number of methoxy groups -OCH3 is 1. The van der Waals surface area contributed by atoms with E-state index in [1.807, 2.05) is 31.2 Å². The third-order valence-corrected chi connectivity index (χ3v) is 6.52. The van der Waals surface area contributed by atoms with Gasteiger partial charge in [0.2, 0.25) is 5.91 Å². The topological polar surface area (TPSA) is 121 Å². The van der Waals surface area contributed by atoms with Crippen LogP contribution in [0.5, 0.6) is 11.5 Å². The van der Waals surface area contributed by atoms with Crippen molar-refractivity contribution in [3.05, 3.63) is 88.1 Å². The van der Waals surface area contributed by atoms with Gasteiger partial charge in [-0.3, -0.25) is 4.79 Å². The maximum atomic E-state index is 13.0. The summed E-state index contributed by atoms with van der Waals surface area (Å²) in [6, 6.07) is 14.3. The lowest BCUT2D eigenvalue weighted by Gasteiger charge is -2.29. The average molecular weight is 506 g/mol. The Bertz CT molecular complexity index is 1290. The first-order valence-corrected chi connectivity index (χ1v) is 12.0. The van der Waals surface area contributed by atoms with Crippen molar-refractivity contribution in [2.45, 2.75) is 19.8 Å². The molecule has 0 bridgehead atoms. The zero-order chi connectivity index (χ0) is 26.2. The molecule has 0 radical (unpaired) electrons. The number of aryl methyl sites for hydroxylation is 1. The zero-order valence-electron chi connectivity index (χ0n) is 20.3. The summed E-state index contributed by atoms with van der Waals surface area (Å²) in [5.41, 5.74) is 3.18. The number of carbonyl (C=O) groups is 2. The molecule has 1 amide bonds. The summed E-state index contributed by atoms with van der Waals surface area (Å²) < 4.78 is 10.5. The molecule has 9 heteroatoms. The second-order valence-electron chi connectivity index (χ2n) is 7.92. The first-order valence-electron chi connectivity index (χ1n) is 11.1. The molecule has 0 aromatic heterocycles. The smallest absolute Gasteiger partial charge is 0.337 e. The number of carbonyl (C=O) groups excluding carboxylic acids is 2. The number of hydrogen-bond acceptors (Lipinski definition) is 8. The van der Waals surface area contributed by atoms with Crippen LogP contribution in [-0.2, 0) is 14.3 Å². The summed E-state index contributed by atoms with van der Waals surface area (Å²) in [7, 11) is 1.41. The van der Waals surface area contributed by atoms with E-state index in [4.69, 9.17) is 9.47 Å². The number of esters is 1. The number of allylic oxidation sites excluding steroid dienone is 2. The van der Waals surface area contributed by atoms with E-state index in [0.29, 0.717) is 22.0 Å². The Morgan fingerprint density at radius 2 is 2.03 bits per heavy atom. The van der Waals surface area contributed by atoms with Gasteiger partial charge < -0.3 is 25.2 Å². The number of nitrogens with zero attached hydrogens (tertiary/aromatic N) is 1. The highest BCUT2D eigenvalue weighted by molar-refractivity contribution is 8.03. The van der Waals surface area contributed by atoms with Gasteiger partial charge in [0.15, 0.2) is 11.5 Å². The van der Waals surface area contributed by atoms with Gasteiger partial charge in [-0.1, -0.05) is 48.7 Å². The third-order valence-electron chi connectivity index (χ3n) is 5.50. The molecule has 1 aliphatic rings. The van der Waals surface area contributed by atoms with Crippen molar-refractivity contribution in [3.63, 3.8) is 0 Å². The van der Waals surface area contributed by atoms with E-state index in [1.54, 1.807) is 19.1 Å². The fourth-order valence-electron chi connectivity index (χ4n) is 3.75. The molecule has 0 saturated heterocycles. The molecule has 1 heterocycles. The van der Waals surface area contributed by atoms with Gasteiger partial charge in [-0.2, -0.15) is 5.26 Å². The number of ether oxygens (including phenoxy) is 2. The number of benzene rings is 2. The van der Waals surface area contributed by atoms with Gasteiger partial charge in [0, 0.05) is 11.4 Å². The number of amides is 1. The molecule has 8 nitrogen and oxygen atoms in total. The molecule has 3 N–H and O–H groups in total. The first kappa shape index (κ1) is 26.4. The normalized spacial score (nSPS) is 15.0. The van der Waals surface area contributed by atoms with Crippen molar-refractivity contribution in [1.82, 2.24) is 5.32 Å². The van der Waals surface area contributed by atoms with Gasteiger partial charge in [-0.25, -0.2) is 4.79 Å². The highest BCUT2D eigenvalue weighted by atomic mass is 32.2. The quantitative estimate of drug-likeness (QED) is 0.336. The van der Waals surface area contributed by atoms with E-state index in [0.717, 1.165) is 17.3 Å². The molecule has 36 heavy (non-hydrogen) atoms. The zero-order valence-corrected chi connectivity index (χ0v) is 21.1. The second kappa shape index (κ2) is 12.0. The minimum Gasteiger partial charge on any atom is -0.504 e. The second-order valence-corrected chi connectivity index (χ2v) is 8.91. The molecule has 0 saturated carbocycles. The summed E-state index contributed by atoms with van der Waals surface area (Å²) in [5, 5.41) is 26.6. The molecule has 2 aromatic rings. The van der Waals surface area contributed by atoms with Crippen LogP contribution >= 0.6 is 11.8 Å². The van der Waals surface area contributed by atoms with E-state index in [2.05, 4.69) is 23.3 Å². The Morgan fingerprint density at radius 3 is 2.69 bits per heavy atom. The number of phenolic OH excluding ortho intramolecular Hbond substituents is 1. The fourth-order valence-corrected chi connectivity index (χ4v) is 4.65. The summed E-state index contributed by atoms with van der Waals surface area (Å²) in [5.74, 6) is -1.47. The predicted molar refractivity (Wildman–Crippen MR) is 139 cm³/mol. The number of nitriles is 1. The van der Waals surface area contributed by atoms with Crippen LogP contribution in [0.15, 0.2) is 77.0 Å². The molecule has 0 aliphatic carbocycles. The molecule has 2 aromatic carbocycles. The number of rotatable bonds is 9. The molecular weight excluding hydrogens is 478 g/mol. The monoisotopic (exact) mass is 505 g/mol. The molecule has 1 aliphatic heterocycles. The predicted octanol–water partition coefficient (Wildman–Crippen LogP) is 4.51. The van der Waals surface area contributed by atoms with Crippen molar-refractivity contribution >= 4 is 29.3 Å². The van der Waals surface area contributed by atoms with E-state index in [9.17, 15) is 20.0 Å². The van der Waals surface area contributed by atoms with Crippen molar-refractivity contribution < 1.29 is 24.2 Å². The van der Waals surface area contributed by atoms with Crippen LogP contribution in [0.4, 0.5) is 5.69 Å².